The molecule has 2 heterocycles. The molecule has 0 unspecified atom stereocenters. The van der Waals surface area contributed by atoms with Gasteiger partial charge in [-0.15, -0.1) is 0 Å². The van der Waals surface area contributed by atoms with Crippen molar-refractivity contribution in [3.8, 4) is 23.0 Å². The summed E-state index contributed by atoms with van der Waals surface area (Å²) in [6.45, 7) is 5.02. The van der Waals surface area contributed by atoms with Crippen LogP contribution in [0.25, 0.3) is 11.1 Å². The fourth-order valence-corrected chi connectivity index (χ4v) is 3.06. The van der Waals surface area contributed by atoms with Crippen molar-refractivity contribution < 1.29 is 4.42 Å². The number of hydrogen-bond acceptors (Lipinski definition) is 3. The lowest BCUT2D eigenvalue weighted by Crippen LogP contribution is -2.17. The van der Waals surface area contributed by atoms with Crippen LogP contribution in [0, 0.1) is 25.7 Å². The fraction of sp³-hybridized carbons (Fsp3) is 0.227. The Balaban J connectivity index is 1.72. The highest BCUT2D eigenvalue weighted by atomic mass is 35.5. The molecular weight excluding hydrogens is 360 g/mol. The molecule has 0 spiro atoms. The van der Waals surface area contributed by atoms with Crippen molar-refractivity contribution >= 4 is 11.6 Å². The number of rotatable bonds is 4. The molecule has 138 valence electrons. The van der Waals surface area contributed by atoms with Gasteiger partial charge in [-0.3, -0.25) is 9.69 Å². The van der Waals surface area contributed by atoms with E-state index in [-0.39, 0.29) is 10.5 Å². The smallest absolute Gasteiger partial charge is 0.208 e. The molecule has 0 aliphatic rings. The third-order valence-electron chi connectivity index (χ3n) is 4.27. The second-order valence-electron chi connectivity index (χ2n) is 6.52. The van der Waals surface area contributed by atoms with Crippen molar-refractivity contribution in [3.63, 3.8) is 0 Å². The Morgan fingerprint density at radius 3 is 2.56 bits per heavy atom. The third-order valence-corrected chi connectivity index (χ3v) is 4.72. The minimum atomic E-state index is -0.149. The summed E-state index contributed by atoms with van der Waals surface area (Å²) in [5, 5.41) is 0.235. The highest BCUT2D eigenvalue weighted by Gasteiger charge is 2.12. The summed E-state index contributed by atoms with van der Waals surface area (Å²) in [4.78, 5) is 17.7. The van der Waals surface area contributed by atoms with E-state index in [4.69, 9.17) is 16.0 Å². The summed E-state index contributed by atoms with van der Waals surface area (Å²) in [7, 11) is 2.00. The van der Waals surface area contributed by atoms with Gasteiger partial charge in [0.05, 0.1) is 19.4 Å². The molecule has 27 heavy (non-hydrogen) atoms. The van der Waals surface area contributed by atoms with Crippen LogP contribution in [0.5, 0.6) is 0 Å². The number of nitrogens with zero attached hydrogens (tertiary/aromatic N) is 1. The van der Waals surface area contributed by atoms with Gasteiger partial charge in [-0.1, -0.05) is 35.6 Å². The van der Waals surface area contributed by atoms with Crippen LogP contribution in [0.3, 0.4) is 0 Å². The summed E-state index contributed by atoms with van der Waals surface area (Å²) >= 11 is 6.11. The number of halogens is 1. The molecule has 2 aromatic heterocycles. The van der Waals surface area contributed by atoms with Crippen LogP contribution >= 0.6 is 11.6 Å². The van der Waals surface area contributed by atoms with Crippen LogP contribution in [0.2, 0.25) is 5.02 Å². The van der Waals surface area contributed by atoms with Crippen LogP contribution in [0.15, 0.2) is 51.9 Å². The Labute approximate surface area is 163 Å². The van der Waals surface area contributed by atoms with Crippen LogP contribution < -0.4 is 5.43 Å². The average Bonchev–Trinajstić information content (AvgIpc) is 3.14. The van der Waals surface area contributed by atoms with E-state index in [1.165, 1.54) is 0 Å². The topological polar surface area (TPSA) is 49.2 Å². The van der Waals surface area contributed by atoms with E-state index >= 15 is 0 Å². The maximum atomic E-state index is 12.5. The Hall–Kier alpha value is -2.74. The largest absolute Gasteiger partial charge is 0.468 e. The lowest BCUT2D eigenvalue weighted by molar-refractivity contribution is 0.326. The molecule has 0 saturated carbocycles. The Kier molecular flexibility index (Phi) is 5.85. The lowest BCUT2D eigenvalue weighted by Gasteiger charge is -2.10. The van der Waals surface area contributed by atoms with Crippen molar-refractivity contribution in [2.75, 3.05) is 13.6 Å². The molecular formula is C22H21ClN2O2. The molecule has 0 amide bonds. The van der Waals surface area contributed by atoms with Crippen LogP contribution in [-0.2, 0) is 6.54 Å². The summed E-state index contributed by atoms with van der Waals surface area (Å²) in [5.74, 6) is 7.22. The minimum absolute atomic E-state index is 0.149. The highest BCUT2D eigenvalue weighted by Crippen LogP contribution is 2.22. The molecule has 4 nitrogen and oxygen atoms in total. The maximum Gasteiger partial charge on any atom is 0.208 e. The molecule has 0 bridgehead atoms. The first kappa shape index (κ1) is 19.0. The Morgan fingerprint density at radius 2 is 1.89 bits per heavy atom. The van der Waals surface area contributed by atoms with Gasteiger partial charge in [0, 0.05) is 22.5 Å². The van der Waals surface area contributed by atoms with Gasteiger partial charge in [0.2, 0.25) is 5.43 Å². The van der Waals surface area contributed by atoms with E-state index in [9.17, 15) is 4.79 Å². The van der Waals surface area contributed by atoms with Crippen molar-refractivity contribution in [1.29, 1.82) is 0 Å². The number of aryl methyl sites for hydroxylation is 2. The highest BCUT2D eigenvalue weighted by molar-refractivity contribution is 6.31. The summed E-state index contributed by atoms with van der Waals surface area (Å²) in [6, 6.07) is 11.5. The zero-order valence-electron chi connectivity index (χ0n) is 15.6. The van der Waals surface area contributed by atoms with Crippen molar-refractivity contribution in [3.05, 3.63) is 80.6 Å². The predicted molar refractivity (Wildman–Crippen MR) is 109 cm³/mol. The molecule has 5 heteroatoms. The number of hydrogen-bond donors (Lipinski definition) is 1. The number of H-pyrrole nitrogens is 1. The van der Waals surface area contributed by atoms with E-state index in [2.05, 4.69) is 21.7 Å². The van der Waals surface area contributed by atoms with E-state index in [1.807, 2.05) is 50.4 Å². The van der Waals surface area contributed by atoms with Crippen molar-refractivity contribution in [1.82, 2.24) is 9.88 Å². The van der Waals surface area contributed by atoms with Gasteiger partial charge in [0.15, 0.2) is 0 Å². The van der Waals surface area contributed by atoms with E-state index in [0.29, 0.717) is 17.8 Å². The first-order valence-electron chi connectivity index (χ1n) is 8.65. The van der Waals surface area contributed by atoms with E-state index < -0.39 is 0 Å². The van der Waals surface area contributed by atoms with Crippen LogP contribution in [0.1, 0.15) is 22.7 Å². The molecule has 1 aromatic carbocycles. The quantitative estimate of drug-likeness (QED) is 0.683. The van der Waals surface area contributed by atoms with Crippen molar-refractivity contribution in [2.45, 2.75) is 20.4 Å². The predicted octanol–water partition coefficient (Wildman–Crippen LogP) is 4.39. The van der Waals surface area contributed by atoms with Gasteiger partial charge >= 0.3 is 0 Å². The molecule has 0 atom stereocenters. The maximum absolute atomic E-state index is 12.5. The number of pyridine rings is 1. The summed E-state index contributed by atoms with van der Waals surface area (Å²) in [6.07, 6.45) is 1.67. The first-order valence-corrected chi connectivity index (χ1v) is 9.02. The fourth-order valence-electron chi connectivity index (χ4n) is 2.92. The van der Waals surface area contributed by atoms with Gasteiger partial charge in [-0.25, -0.2) is 0 Å². The van der Waals surface area contributed by atoms with Crippen LogP contribution in [0.4, 0.5) is 0 Å². The molecule has 0 aliphatic heterocycles. The second kappa shape index (κ2) is 8.30. The zero-order chi connectivity index (χ0) is 19.4. The third kappa shape index (κ3) is 4.51. The van der Waals surface area contributed by atoms with Crippen molar-refractivity contribution in [2.24, 2.45) is 0 Å². The molecule has 0 fully saturated rings. The normalized spacial score (nSPS) is 10.7. The average molecular weight is 381 g/mol. The molecule has 3 rings (SSSR count). The molecule has 0 aliphatic carbocycles. The SMILES string of the molecule is Cc1[nH]c(C)c(-c2ccc(C#CCN(C)Cc3ccco3)cc2)c(=O)c1Cl. The lowest BCUT2D eigenvalue weighted by atomic mass is 10.0. The standard InChI is InChI=1S/C22H21ClN2O2/c1-15-20(22(26)21(23)16(2)24-15)18-10-8-17(9-11-18)6-4-12-25(3)14-19-7-5-13-27-19/h5,7-11,13H,12,14H2,1-3H3,(H,24,26). The molecule has 0 saturated heterocycles. The number of benzene rings is 1. The number of aromatic nitrogens is 1. The van der Waals surface area contributed by atoms with Gasteiger partial charge in [-0.2, -0.15) is 0 Å². The van der Waals surface area contributed by atoms with E-state index in [1.54, 1.807) is 13.2 Å². The minimum Gasteiger partial charge on any atom is -0.468 e. The van der Waals surface area contributed by atoms with Gasteiger partial charge in [0.25, 0.3) is 0 Å². The molecule has 0 radical (unpaired) electrons. The van der Waals surface area contributed by atoms with Gasteiger partial charge < -0.3 is 9.40 Å². The van der Waals surface area contributed by atoms with Gasteiger partial charge in [0.1, 0.15) is 10.8 Å². The number of aromatic amines is 1. The Bertz CT molecular complexity index is 1040. The summed E-state index contributed by atoms with van der Waals surface area (Å²) in [5.41, 5.74) is 3.67. The molecule has 1 N–H and O–H groups in total. The van der Waals surface area contributed by atoms with Gasteiger partial charge in [-0.05, 0) is 50.7 Å². The van der Waals surface area contributed by atoms with E-state index in [0.717, 1.165) is 29.1 Å². The monoisotopic (exact) mass is 380 g/mol. The van der Waals surface area contributed by atoms with Crippen LogP contribution in [-0.4, -0.2) is 23.5 Å². The first-order chi connectivity index (χ1) is 13.0. The molecule has 3 aromatic rings. The number of nitrogens with one attached hydrogen (secondary N) is 1. The zero-order valence-corrected chi connectivity index (χ0v) is 16.4. The Morgan fingerprint density at radius 1 is 1.15 bits per heavy atom. The number of furan rings is 1. The second-order valence-corrected chi connectivity index (χ2v) is 6.90. The summed E-state index contributed by atoms with van der Waals surface area (Å²) < 4.78 is 5.33.